The number of hydrogen-bond acceptors (Lipinski definition) is 6. The second-order valence-electron chi connectivity index (χ2n) is 9.39. The second kappa shape index (κ2) is 7.77. The van der Waals surface area contributed by atoms with E-state index in [1.54, 1.807) is 29.3 Å². The molecule has 3 aromatic rings. The van der Waals surface area contributed by atoms with Gasteiger partial charge in [-0.25, -0.2) is 9.37 Å². The third-order valence-corrected chi connectivity index (χ3v) is 7.31. The van der Waals surface area contributed by atoms with Crippen LogP contribution in [0.1, 0.15) is 27.9 Å². The normalized spacial score (nSPS) is 21.5. The molecule has 5 heterocycles. The number of aromatic nitrogens is 2. The zero-order valence-corrected chi connectivity index (χ0v) is 19.5. The molecule has 2 saturated heterocycles. The van der Waals surface area contributed by atoms with Gasteiger partial charge in [-0.1, -0.05) is 6.07 Å². The van der Waals surface area contributed by atoms with Crippen molar-refractivity contribution in [2.45, 2.75) is 32.0 Å². The van der Waals surface area contributed by atoms with Crippen molar-refractivity contribution in [3.05, 3.63) is 65.1 Å². The van der Waals surface area contributed by atoms with E-state index in [9.17, 15) is 9.18 Å². The number of rotatable bonds is 4. The number of hydrogen-bond donors (Lipinski definition) is 0. The number of ether oxygens (including phenoxy) is 1. The van der Waals surface area contributed by atoms with Crippen LogP contribution in [0.4, 0.5) is 16.0 Å². The van der Waals surface area contributed by atoms with Crippen LogP contribution in [0.25, 0.3) is 11.3 Å². The molecule has 2 fully saturated rings. The summed E-state index contributed by atoms with van der Waals surface area (Å²) in [6.45, 7) is 4.29. The fourth-order valence-corrected chi connectivity index (χ4v) is 5.60. The fourth-order valence-electron chi connectivity index (χ4n) is 5.60. The molecule has 3 aliphatic heterocycles. The molecule has 0 N–H and O–H groups in total. The van der Waals surface area contributed by atoms with Crippen LogP contribution in [-0.4, -0.2) is 60.1 Å². The van der Waals surface area contributed by atoms with Crippen molar-refractivity contribution in [1.29, 1.82) is 0 Å². The van der Waals surface area contributed by atoms with E-state index in [0.29, 0.717) is 40.5 Å². The molecule has 0 unspecified atom stereocenters. The minimum Gasteiger partial charge on any atom is -0.496 e. The van der Waals surface area contributed by atoms with Gasteiger partial charge in [0, 0.05) is 42.5 Å². The van der Waals surface area contributed by atoms with E-state index in [1.807, 2.05) is 13.0 Å². The summed E-state index contributed by atoms with van der Waals surface area (Å²) in [5.74, 6) is 1.32. The van der Waals surface area contributed by atoms with E-state index >= 15 is 0 Å². The lowest BCUT2D eigenvalue weighted by Crippen LogP contribution is -2.45. The number of anilines is 2. The Kier molecular flexibility index (Phi) is 4.81. The number of halogens is 1. The van der Waals surface area contributed by atoms with E-state index in [1.165, 1.54) is 13.2 Å². The van der Waals surface area contributed by atoms with Crippen LogP contribution in [0, 0.1) is 12.7 Å². The highest BCUT2D eigenvalue weighted by Gasteiger charge is 2.42. The van der Waals surface area contributed by atoms with E-state index in [-0.39, 0.29) is 18.0 Å². The number of methoxy groups -OCH3 is 1. The van der Waals surface area contributed by atoms with Crippen molar-refractivity contribution in [3.63, 3.8) is 0 Å². The number of nitrogens with zero attached hydrogens (tertiary/aromatic N) is 5. The van der Waals surface area contributed by atoms with Crippen molar-refractivity contribution in [2.24, 2.45) is 0 Å². The van der Waals surface area contributed by atoms with Gasteiger partial charge in [0.1, 0.15) is 23.2 Å². The van der Waals surface area contributed by atoms with E-state index < -0.39 is 5.82 Å². The number of amides is 1. The molecule has 7 nitrogen and oxygen atoms in total. The molecule has 0 saturated carbocycles. The number of benzene rings is 1. The highest BCUT2D eigenvalue weighted by molar-refractivity contribution is 6.10. The van der Waals surface area contributed by atoms with Gasteiger partial charge in [0.15, 0.2) is 0 Å². The van der Waals surface area contributed by atoms with Gasteiger partial charge in [0.25, 0.3) is 5.91 Å². The van der Waals surface area contributed by atoms with Crippen molar-refractivity contribution >= 4 is 17.5 Å². The molecule has 8 heteroatoms. The van der Waals surface area contributed by atoms with Crippen LogP contribution in [0.2, 0.25) is 0 Å². The summed E-state index contributed by atoms with van der Waals surface area (Å²) in [6, 6.07) is 11.4. The van der Waals surface area contributed by atoms with Crippen molar-refractivity contribution in [1.82, 2.24) is 14.9 Å². The van der Waals surface area contributed by atoms with Crippen molar-refractivity contribution in [2.75, 3.05) is 37.0 Å². The molecule has 6 rings (SSSR count). The molecule has 1 aromatic carbocycles. The van der Waals surface area contributed by atoms with Gasteiger partial charge >= 0.3 is 0 Å². The monoisotopic (exact) mass is 459 g/mol. The molecule has 174 valence electrons. The van der Waals surface area contributed by atoms with Gasteiger partial charge < -0.3 is 9.64 Å². The van der Waals surface area contributed by atoms with Gasteiger partial charge in [-0.3, -0.25) is 19.6 Å². The van der Waals surface area contributed by atoms with Gasteiger partial charge in [-0.05, 0) is 56.3 Å². The first-order valence-corrected chi connectivity index (χ1v) is 11.5. The molecule has 0 spiro atoms. The molecule has 0 aliphatic carbocycles. The number of piperazine rings is 1. The molecule has 1 amide bonds. The maximum Gasteiger partial charge on any atom is 0.260 e. The zero-order valence-electron chi connectivity index (χ0n) is 19.5. The molecular weight excluding hydrogens is 433 g/mol. The molecule has 2 atom stereocenters. The number of likely N-dealkylation sites (N-methyl/N-ethyl adjacent to an activating group) is 1. The zero-order chi connectivity index (χ0) is 23.6. The second-order valence-corrected chi connectivity index (χ2v) is 9.39. The lowest BCUT2D eigenvalue weighted by molar-refractivity contribution is 0.0996. The third-order valence-electron chi connectivity index (χ3n) is 7.31. The lowest BCUT2D eigenvalue weighted by Gasteiger charge is -2.33. The quantitative estimate of drug-likeness (QED) is 0.594. The molecule has 2 bridgehead atoms. The van der Waals surface area contributed by atoms with Gasteiger partial charge in [0.05, 0.1) is 24.9 Å². The van der Waals surface area contributed by atoms with Crippen LogP contribution < -0.4 is 14.5 Å². The van der Waals surface area contributed by atoms with Gasteiger partial charge in [-0.2, -0.15) is 0 Å². The predicted molar refractivity (Wildman–Crippen MR) is 128 cm³/mol. The number of carbonyl (C=O) groups is 1. The predicted octanol–water partition coefficient (Wildman–Crippen LogP) is 3.65. The largest absolute Gasteiger partial charge is 0.496 e. The topological polar surface area (TPSA) is 61.8 Å². The Balaban J connectivity index is 1.38. The van der Waals surface area contributed by atoms with Crippen LogP contribution >= 0.6 is 0 Å². The van der Waals surface area contributed by atoms with Crippen LogP contribution in [-0.2, 0) is 6.54 Å². The van der Waals surface area contributed by atoms with Gasteiger partial charge in [0.2, 0.25) is 0 Å². The minimum atomic E-state index is -0.434. The number of pyridine rings is 2. The van der Waals surface area contributed by atoms with E-state index in [2.05, 4.69) is 27.9 Å². The van der Waals surface area contributed by atoms with E-state index in [4.69, 9.17) is 9.72 Å². The number of carbonyl (C=O) groups excluding carboxylic acids is 1. The summed E-state index contributed by atoms with van der Waals surface area (Å²) in [5, 5.41) is 0. The highest BCUT2D eigenvalue weighted by Crippen LogP contribution is 2.39. The Morgan fingerprint density at radius 2 is 1.94 bits per heavy atom. The SMILES string of the molecule is COc1cccc(F)c1-c1nccc2c1CN(c1cc(C)cc(N3C[C@H]4C[C@@H]3CN4C)n1)C2=O. The molecule has 0 radical (unpaired) electrons. The van der Waals surface area contributed by atoms with Gasteiger partial charge in [-0.15, -0.1) is 0 Å². The number of aryl methyl sites for hydroxylation is 1. The highest BCUT2D eigenvalue weighted by atomic mass is 19.1. The first-order chi connectivity index (χ1) is 16.4. The molecule has 34 heavy (non-hydrogen) atoms. The standard InChI is InChI=1S/C26H26FN5O2/c1-15-9-22(31-13-16-11-17(31)12-30(16)2)29-23(10-15)32-14-19-18(26(32)33)7-8-28-25(19)24-20(27)5-4-6-21(24)34-3/h4-10,16-17H,11-14H2,1-3H3/t16-,17-/m1/s1. The summed E-state index contributed by atoms with van der Waals surface area (Å²) in [5.41, 5.74) is 2.95. The van der Waals surface area contributed by atoms with Crippen LogP contribution in [0.5, 0.6) is 5.75 Å². The Morgan fingerprint density at radius 1 is 1.12 bits per heavy atom. The van der Waals surface area contributed by atoms with Crippen LogP contribution in [0.3, 0.4) is 0 Å². The molecular formula is C26H26FN5O2. The third kappa shape index (κ3) is 3.16. The number of fused-ring (bicyclic) bond motifs is 3. The molecule has 3 aliphatic rings. The Bertz CT molecular complexity index is 1310. The first-order valence-electron chi connectivity index (χ1n) is 11.5. The smallest absolute Gasteiger partial charge is 0.260 e. The molecule has 2 aromatic heterocycles. The Labute approximate surface area is 197 Å². The van der Waals surface area contributed by atoms with Crippen molar-refractivity contribution < 1.29 is 13.9 Å². The summed E-state index contributed by atoms with van der Waals surface area (Å²) in [7, 11) is 3.67. The summed E-state index contributed by atoms with van der Waals surface area (Å²) < 4.78 is 20.2. The first kappa shape index (κ1) is 21.0. The summed E-state index contributed by atoms with van der Waals surface area (Å²) in [4.78, 5) is 29.3. The average Bonchev–Trinajstić information content (AvgIpc) is 3.51. The summed E-state index contributed by atoms with van der Waals surface area (Å²) in [6.07, 6.45) is 2.70. The maximum absolute atomic E-state index is 14.8. The fraction of sp³-hybridized carbons (Fsp3) is 0.346. The van der Waals surface area contributed by atoms with Crippen molar-refractivity contribution in [3.8, 4) is 17.0 Å². The average molecular weight is 460 g/mol. The van der Waals surface area contributed by atoms with Crippen LogP contribution in [0.15, 0.2) is 42.6 Å². The van der Waals surface area contributed by atoms with E-state index in [0.717, 1.165) is 30.9 Å². The Morgan fingerprint density at radius 3 is 2.68 bits per heavy atom. The lowest BCUT2D eigenvalue weighted by atomic mass is 10.0. The minimum absolute atomic E-state index is 0.152. The maximum atomic E-state index is 14.8. The Hall–Kier alpha value is -3.52. The summed E-state index contributed by atoms with van der Waals surface area (Å²) >= 11 is 0. The number of likely N-dealkylation sites (tertiary alicyclic amines) is 1.